The highest BCUT2D eigenvalue weighted by molar-refractivity contribution is 6.05. The largest absolute Gasteiger partial charge is 0.465 e. The van der Waals surface area contributed by atoms with Gasteiger partial charge in [-0.25, -0.2) is 9.59 Å². The number of hydrogen-bond donors (Lipinski definition) is 3. The molecule has 12 heteroatoms. The molecule has 3 N–H and O–H groups in total. The lowest BCUT2D eigenvalue weighted by Crippen LogP contribution is -2.42. The van der Waals surface area contributed by atoms with Crippen molar-refractivity contribution in [3.63, 3.8) is 0 Å². The summed E-state index contributed by atoms with van der Waals surface area (Å²) in [6.07, 6.45) is 2.72. The zero-order valence-electron chi connectivity index (χ0n) is 20.2. The fourth-order valence-corrected chi connectivity index (χ4v) is 4.53. The Morgan fingerprint density at radius 3 is 2.33 bits per heavy atom. The van der Waals surface area contributed by atoms with Gasteiger partial charge < -0.3 is 25.0 Å². The SMILES string of the molecule is COC(=O)c1cc(NC(=O)[C@@H]2CC(=O)Nc3nc(N4CCCC[C@H]4C)[nH]c(=O)c32)cc(C(=O)OC)c1. The predicted octanol–water partition coefficient (Wildman–Crippen LogP) is 1.79. The molecule has 36 heavy (non-hydrogen) atoms. The lowest BCUT2D eigenvalue weighted by molar-refractivity contribution is -0.123. The van der Waals surface area contributed by atoms with Crippen molar-refractivity contribution in [3.8, 4) is 0 Å². The van der Waals surface area contributed by atoms with Gasteiger partial charge in [0.05, 0.1) is 36.8 Å². The predicted molar refractivity (Wildman–Crippen MR) is 129 cm³/mol. The van der Waals surface area contributed by atoms with E-state index in [1.54, 1.807) is 0 Å². The fourth-order valence-electron chi connectivity index (χ4n) is 4.53. The third-order valence-electron chi connectivity index (χ3n) is 6.37. The number of hydrogen-bond acceptors (Lipinski definition) is 9. The van der Waals surface area contributed by atoms with Crippen LogP contribution in [-0.2, 0) is 19.1 Å². The molecule has 2 atom stereocenters. The van der Waals surface area contributed by atoms with E-state index in [0.717, 1.165) is 25.8 Å². The Morgan fingerprint density at radius 1 is 1.06 bits per heavy atom. The van der Waals surface area contributed by atoms with E-state index in [1.165, 1.54) is 32.4 Å². The molecule has 3 heterocycles. The molecule has 1 saturated heterocycles. The summed E-state index contributed by atoms with van der Waals surface area (Å²) >= 11 is 0. The average molecular weight is 498 g/mol. The first-order chi connectivity index (χ1) is 17.2. The number of nitrogens with zero attached hydrogens (tertiary/aromatic N) is 2. The number of aromatic nitrogens is 2. The van der Waals surface area contributed by atoms with Crippen molar-refractivity contribution in [1.82, 2.24) is 9.97 Å². The summed E-state index contributed by atoms with van der Waals surface area (Å²) in [6, 6.07) is 4.09. The Labute approximate surface area is 206 Å². The molecule has 1 aromatic heterocycles. The lowest BCUT2D eigenvalue weighted by atomic mass is 9.92. The van der Waals surface area contributed by atoms with Crippen molar-refractivity contribution in [2.45, 2.75) is 44.6 Å². The molecule has 12 nitrogen and oxygen atoms in total. The Balaban J connectivity index is 1.67. The Bertz CT molecular complexity index is 1250. The van der Waals surface area contributed by atoms with Crippen molar-refractivity contribution in [3.05, 3.63) is 45.2 Å². The molecule has 0 bridgehead atoms. The van der Waals surface area contributed by atoms with Gasteiger partial charge in [0.15, 0.2) is 0 Å². The number of amides is 2. The normalized spacial score (nSPS) is 19.1. The number of fused-ring (bicyclic) bond motifs is 1. The number of H-pyrrole nitrogens is 1. The number of esters is 2. The molecule has 0 radical (unpaired) electrons. The first-order valence-electron chi connectivity index (χ1n) is 11.5. The van der Waals surface area contributed by atoms with E-state index >= 15 is 0 Å². The van der Waals surface area contributed by atoms with Crippen molar-refractivity contribution >= 4 is 41.2 Å². The summed E-state index contributed by atoms with van der Waals surface area (Å²) in [6.45, 7) is 2.76. The molecule has 2 amide bonds. The fraction of sp³-hybridized carbons (Fsp3) is 0.417. The second kappa shape index (κ2) is 10.2. The van der Waals surface area contributed by atoms with Gasteiger partial charge in [-0.2, -0.15) is 4.98 Å². The number of anilines is 3. The molecular weight excluding hydrogens is 470 g/mol. The van der Waals surface area contributed by atoms with Gasteiger partial charge in [0.25, 0.3) is 5.56 Å². The smallest absolute Gasteiger partial charge is 0.337 e. The number of ether oxygens (including phenoxy) is 2. The Kier molecular flexibility index (Phi) is 7.04. The van der Waals surface area contributed by atoms with Gasteiger partial charge >= 0.3 is 11.9 Å². The summed E-state index contributed by atoms with van der Waals surface area (Å²) in [4.78, 5) is 72.1. The van der Waals surface area contributed by atoms with Crippen LogP contribution in [0.2, 0.25) is 0 Å². The number of carbonyl (C=O) groups is 4. The number of aromatic amines is 1. The minimum absolute atomic E-state index is 0.0114. The molecule has 0 spiro atoms. The summed E-state index contributed by atoms with van der Waals surface area (Å²) < 4.78 is 9.42. The van der Waals surface area contributed by atoms with Crippen LogP contribution >= 0.6 is 0 Å². The highest BCUT2D eigenvalue weighted by Gasteiger charge is 2.36. The number of rotatable bonds is 5. The topological polar surface area (TPSA) is 160 Å². The van der Waals surface area contributed by atoms with Crippen LogP contribution < -0.4 is 21.1 Å². The van der Waals surface area contributed by atoms with Crippen LogP contribution in [0.5, 0.6) is 0 Å². The van der Waals surface area contributed by atoms with Gasteiger partial charge in [0.2, 0.25) is 17.8 Å². The van der Waals surface area contributed by atoms with Crippen LogP contribution in [0.4, 0.5) is 17.5 Å². The minimum atomic E-state index is -1.14. The number of methoxy groups -OCH3 is 2. The molecule has 2 aromatic rings. The molecule has 1 fully saturated rings. The van der Waals surface area contributed by atoms with E-state index in [-0.39, 0.29) is 40.7 Å². The standard InChI is InChI=1S/C24H27N5O7/c1-12-6-4-5-7-29(12)24-27-19-18(21(32)28-24)16(11-17(30)26-19)20(31)25-15-9-13(22(33)35-2)8-14(10-15)23(34)36-3/h8-10,12,16H,4-7,11H2,1-3H3,(H,25,31)(H2,26,27,28,30,32)/t12-,16-/m1/s1. The number of benzene rings is 1. The summed E-state index contributed by atoms with van der Waals surface area (Å²) in [5.41, 5.74) is -0.363. The monoisotopic (exact) mass is 497 g/mol. The number of carbonyl (C=O) groups excluding carboxylic acids is 4. The second-order valence-electron chi connectivity index (χ2n) is 8.77. The van der Waals surface area contributed by atoms with E-state index in [4.69, 9.17) is 9.47 Å². The van der Waals surface area contributed by atoms with Crippen LogP contribution in [-0.4, -0.2) is 60.5 Å². The highest BCUT2D eigenvalue weighted by atomic mass is 16.5. The molecule has 0 unspecified atom stereocenters. The van der Waals surface area contributed by atoms with Gasteiger partial charge in [-0.15, -0.1) is 0 Å². The van der Waals surface area contributed by atoms with Crippen LogP contribution in [0.15, 0.2) is 23.0 Å². The molecule has 0 aliphatic carbocycles. The number of piperidine rings is 1. The molecular formula is C24H27N5O7. The average Bonchev–Trinajstić information content (AvgIpc) is 2.86. The summed E-state index contributed by atoms with van der Waals surface area (Å²) in [5.74, 6) is -3.33. The lowest BCUT2D eigenvalue weighted by Gasteiger charge is -2.34. The third kappa shape index (κ3) is 4.92. The van der Waals surface area contributed by atoms with E-state index < -0.39 is 35.2 Å². The molecule has 0 saturated carbocycles. The van der Waals surface area contributed by atoms with Crippen molar-refractivity contribution in [1.29, 1.82) is 0 Å². The van der Waals surface area contributed by atoms with Gasteiger partial charge in [-0.1, -0.05) is 0 Å². The second-order valence-corrected chi connectivity index (χ2v) is 8.77. The van der Waals surface area contributed by atoms with E-state index in [2.05, 4.69) is 20.6 Å². The van der Waals surface area contributed by atoms with E-state index in [9.17, 15) is 24.0 Å². The maximum Gasteiger partial charge on any atom is 0.337 e. The summed E-state index contributed by atoms with van der Waals surface area (Å²) in [7, 11) is 2.36. The van der Waals surface area contributed by atoms with Gasteiger partial charge in [0, 0.05) is 24.7 Å². The third-order valence-corrected chi connectivity index (χ3v) is 6.37. The van der Waals surface area contributed by atoms with Crippen LogP contribution in [0.3, 0.4) is 0 Å². The zero-order valence-corrected chi connectivity index (χ0v) is 20.2. The number of nitrogens with one attached hydrogen (secondary N) is 3. The highest BCUT2D eigenvalue weighted by Crippen LogP contribution is 2.31. The van der Waals surface area contributed by atoms with Crippen LogP contribution in [0.1, 0.15) is 64.8 Å². The van der Waals surface area contributed by atoms with Crippen LogP contribution in [0, 0.1) is 0 Å². The van der Waals surface area contributed by atoms with E-state index in [0.29, 0.717) is 5.95 Å². The van der Waals surface area contributed by atoms with Crippen molar-refractivity contribution in [2.24, 2.45) is 0 Å². The van der Waals surface area contributed by atoms with Crippen LogP contribution in [0.25, 0.3) is 0 Å². The van der Waals surface area contributed by atoms with E-state index in [1.807, 2.05) is 11.8 Å². The van der Waals surface area contributed by atoms with Crippen molar-refractivity contribution < 1.29 is 28.7 Å². The maximum atomic E-state index is 13.3. The first-order valence-corrected chi connectivity index (χ1v) is 11.5. The Hall–Kier alpha value is -4.22. The molecule has 2 aliphatic heterocycles. The van der Waals surface area contributed by atoms with Gasteiger partial charge in [-0.3, -0.25) is 19.4 Å². The first kappa shape index (κ1) is 24.9. The minimum Gasteiger partial charge on any atom is -0.465 e. The molecule has 1 aromatic carbocycles. The van der Waals surface area contributed by atoms with Gasteiger partial charge in [0.1, 0.15) is 5.82 Å². The quantitative estimate of drug-likeness (QED) is 0.523. The van der Waals surface area contributed by atoms with Gasteiger partial charge in [-0.05, 0) is 44.4 Å². The maximum absolute atomic E-state index is 13.3. The zero-order chi connectivity index (χ0) is 26.0. The molecule has 190 valence electrons. The molecule has 4 rings (SSSR count). The van der Waals surface area contributed by atoms with Crippen molar-refractivity contribution in [2.75, 3.05) is 36.3 Å². The molecule has 2 aliphatic rings. The Morgan fingerprint density at radius 2 is 1.72 bits per heavy atom. The summed E-state index contributed by atoms with van der Waals surface area (Å²) in [5, 5.41) is 5.21.